The number of methoxy groups -OCH3 is 3. The highest BCUT2D eigenvalue weighted by molar-refractivity contribution is 5.95. The number of nitrogens with two attached hydrogens (primary N) is 1. The van der Waals surface area contributed by atoms with Gasteiger partial charge in [0, 0.05) is 73.0 Å². The molecule has 0 aliphatic carbocycles. The number of nitrogens with one attached hydrogen (secondary N) is 3. The van der Waals surface area contributed by atoms with Crippen LogP contribution in [0, 0.1) is 29.6 Å². The molecule has 0 aromatic heterocycles. The van der Waals surface area contributed by atoms with Gasteiger partial charge < -0.3 is 113 Å². The number of unbranched alkanes of at least 4 members (excludes halogenated alkanes) is 1. The number of carbonyl (C=O) groups is 7. The van der Waals surface area contributed by atoms with Crippen molar-refractivity contribution in [3.63, 3.8) is 0 Å². The largest absolute Gasteiger partial charge is 0.445 e. The second-order valence-corrected chi connectivity index (χ2v) is 28.2. The lowest BCUT2D eigenvalue weighted by Crippen LogP contribution is -2.55. The van der Waals surface area contributed by atoms with Crippen LogP contribution in [0.5, 0.6) is 0 Å². The van der Waals surface area contributed by atoms with Crippen molar-refractivity contribution < 1.29 is 110 Å². The fourth-order valence-electron chi connectivity index (χ4n) is 12.7. The van der Waals surface area contributed by atoms with Gasteiger partial charge in [-0.1, -0.05) is 97.4 Å². The lowest BCUT2D eigenvalue weighted by Gasteiger charge is -2.41. The minimum Gasteiger partial charge on any atom is -0.445 e. The standard InChI is InChI=1S/C80H137N7O23/c1-14-60(6)74(70(97-12)56-72(90)87-31-20-24-68(87)76(98-13)61(7)77(92)83-62(8)75(91)64-21-16-15-17-22-64)85(9)79(94)66(58(2)3)55-69(88)73(59(4)5)86(10)80(95)110-57-63-25-27-65(28-26-63)84-78(93)67(81)23-18-19-30-82-71(89)29-32-99-35-36-101-39-40-103-43-44-105-47-48-107-51-52-109-54-53-108-50-49-106-46-45-104-42-41-102-38-37-100-34-33-96-11/h15-17,21-22,25-28,58-62,66-68,70,73-76,91H,14,18-20,23-24,29-57,81H2,1-13H3,(H,82,89)(H,83,92)(H,84,93)/t60-,61+,62+,66-,67-,68-,70+,73-,74-,75+,76+/m0/s1. The molecule has 3 rings (SSSR count). The molecule has 630 valence electrons. The van der Waals surface area contributed by atoms with Crippen molar-refractivity contribution in [2.75, 3.05) is 206 Å². The number of aliphatic hydroxyl groups excluding tert-OH is 1. The maximum atomic E-state index is 14.8. The van der Waals surface area contributed by atoms with E-state index in [1.807, 2.05) is 59.7 Å². The van der Waals surface area contributed by atoms with E-state index in [2.05, 4.69) is 16.0 Å². The van der Waals surface area contributed by atoms with Crippen molar-refractivity contribution in [2.45, 2.75) is 168 Å². The molecular formula is C80H137N7O23. The fourth-order valence-corrected chi connectivity index (χ4v) is 12.7. The third-order valence-electron chi connectivity index (χ3n) is 19.3. The first kappa shape index (κ1) is 98.3. The number of likely N-dealkylation sites (N-methyl/N-ethyl adjacent to an activating group) is 2. The predicted octanol–water partition coefficient (Wildman–Crippen LogP) is 6.44. The summed E-state index contributed by atoms with van der Waals surface area (Å²) in [5, 5.41) is 19.6. The van der Waals surface area contributed by atoms with Crippen molar-refractivity contribution in [1.82, 2.24) is 25.3 Å². The Morgan fingerprint density at radius 2 is 1.08 bits per heavy atom. The third kappa shape index (κ3) is 39.7. The number of nitrogens with zero attached hydrogens (tertiary/aromatic N) is 3. The zero-order valence-corrected chi connectivity index (χ0v) is 68.3. The van der Waals surface area contributed by atoms with Gasteiger partial charge in [0.05, 0.1) is 213 Å². The van der Waals surface area contributed by atoms with Crippen LogP contribution in [-0.4, -0.2) is 304 Å². The highest BCUT2D eigenvalue weighted by Crippen LogP contribution is 2.32. The van der Waals surface area contributed by atoms with Crippen molar-refractivity contribution in [3.8, 4) is 0 Å². The van der Waals surface area contributed by atoms with E-state index in [9.17, 15) is 38.7 Å². The second-order valence-electron chi connectivity index (χ2n) is 28.2. The van der Waals surface area contributed by atoms with Crippen LogP contribution in [0.4, 0.5) is 10.5 Å². The van der Waals surface area contributed by atoms with Crippen LogP contribution in [0.25, 0.3) is 0 Å². The van der Waals surface area contributed by atoms with E-state index >= 15 is 0 Å². The average Bonchev–Trinajstić information content (AvgIpc) is 1.46. The monoisotopic (exact) mass is 1560 g/mol. The van der Waals surface area contributed by atoms with E-state index in [-0.39, 0.29) is 85.5 Å². The summed E-state index contributed by atoms with van der Waals surface area (Å²) in [5.41, 5.74) is 8.04. The Labute approximate surface area is 654 Å². The van der Waals surface area contributed by atoms with E-state index in [0.29, 0.717) is 214 Å². The van der Waals surface area contributed by atoms with Gasteiger partial charge in [-0.2, -0.15) is 0 Å². The molecule has 1 heterocycles. The molecule has 0 spiro atoms. The smallest absolute Gasteiger partial charge is 0.410 e. The number of carbonyl (C=O) groups excluding carboxylic acids is 7. The maximum Gasteiger partial charge on any atom is 0.410 e. The van der Waals surface area contributed by atoms with Crippen LogP contribution >= 0.6 is 0 Å². The minimum absolute atomic E-state index is 0.0511. The molecule has 6 amide bonds. The summed E-state index contributed by atoms with van der Waals surface area (Å²) in [4.78, 5) is 101. The minimum atomic E-state index is -0.924. The molecule has 1 aliphatic heterocycles. The zero-order chi connectivity index (χ0) is 80.9. The van der Waals surface area contributed by atoms with Gasteiger partial charge >= 0.3 is 6.09 Å². The molecule has 0 radical (unpaired) electrons. The van der Waals surface area contributed by atoms with Crippen molar-refractivity contribution >= 4 is 47.1 Å². The molecule has 1 aliphatic rings. The van der Waals surface area contributed by atoms with Gasteiger partial charge in [-0.25, -0.2) is 4.79 Å². The molecule has 2 aromatic rings. The molecule has 6 N–H and O–H groups in total. The highest BCUT2D eigenvalue weighted by Gasteiger charge is 2.44. The second kappa shape index (κ2) is 59.8. The molecule has 1 fully saturated rings. The van der Waals surface area contributed by atoms with E-state index < -0.39 is 66.5 Å². The summed E-state index contributed by atoms with van der Waals surface area (Å²) < 4.78 is 83.1. The Morgan fingerprint density at radius 3 is 1.54 bits per heavy atom. The topological polar surface area (TPSA) is 350 Å². The van der Waals surface area contributed by atoms with E-state index in [0.717, 1.165) is 0 Å². The summed E-state index contributed by atoms with van der Waals surface area (Å²) in [6.45, 7) is 26.2. The number of hydrogen-bond acceptors (Lipinski definition) is 24. The van der Waals surface area contributed by atoms with Gasteiger partial charge in [0.1, 0.15) is 6.61 Å². The Bertz CT molecular complexity index is 2780. The van der Waals surface area contributed by atoms with Crippen molar-refractivity contribution in [1.29, 1.82) is 0 Å². The van der Waals surface area contributed by atoms with Crippen LogP contribution in [0.2, 0.25) is 0 Å². The van der Waals surface area contributed by atoms with Crippen molar-refractivity contribution in [3.05, 3.63) is 65.7 Å². The quantitative estimate of drug-likeness (QED) is 0.0445. The zero-order valence-electron chi connectivity index (χ0n) is 68.3. The molecule has 30 nitrogen and oxygen atoms in total. The average molecular weight is 1570 g/mol. The lowest BCUT2D eigenvalue weighted by atomic mass is 9.83. The number of Topliss-reactive ketones (excluding diaryl/α,β-unsaturated/α-hetero) is 1. The maximum absolute atomic E-state index is 14.8. The Balaban J connectivity index is 1.26. The lowest BCUT2D eigenvalue weighted by molar-refractivity contribution is -0.149. The summed E-state index contributed by atoms with van der Waals surface area (Å²) in [6, 6.07) is 12.6. The molecule has 30 heteroatoms. The first-order chi connectivity index (χ1) is 53.0. The predicted molar refractivity (Wildman–Crippen MR) is 415 cm³/mol. The summed E-state index contributed by atoms with van der Waals surface area (Å²) in [6.07, 6.45) is 0.576. The van der Waals surface area contributed by atoms with Gasteiger partial charge in [-0.15, -0.1) is 0 Å². The fraction of sp³-hybridized carbons (Fsp3) is 0.762. The number of hydrogen-bond donors (Lipinski definition) is 5. The number of likely N-dealkylation sites (tertiary alicyclic amines) is 1. The van der Waals surface area contributed by atoms with Gasteiger partial charge in [-0.05, 0) is 80.0 Å². The summed E-state index contributed by atoms with van der Waals surface area (Å²) in [7, 11) is 7.90. The van der Waals surface area contributed by atoms with Gasteiger partial charge in [0.2, 0.25) is 29.5 Å². The number of anilines is 1. The first-order valence-corrected chi connectivity index (χ1v) is 39.4. The molecule has 1 saturated heterocycles. The van der Waals surface area contributed by atoms with E-state index in [4.69, 9.17) is 76.8 Å². The number of benzene rings is 2. The molecule has 11 atom stereocenters. The SMILES string of the molecule is CC[C@H](C)[C@@H]([C@@H](CC(=O)N1CCC[C@H]1[C@H](OC)[C@@H](C)C(=O)N[C@H](C)[C@@H](O)c1ccccc1)OC)N(C)C(=O)[C@@H](CC(=O)[C@H](C(C)C)N(C)C(=O)OCc1ccc(NC(=O)[C@@H](N)CCCCNC(=O)CCOCCOCCOCCOCCOCCOCCOCCOCCOCCOCCOCCOC)cc1)C(C)C. The van der Waals surface area contributed by atoms with Crippen LogP contribution in [0.1, 0.15) is 130 Å². The van der Waals surface area contributed by atoms with E-state index in [1.54, 1.807) is 74.2 Å². The molecule has 0 saturated carbocycles. The normalized spacial score (nSPS) is 15.8. The Hall–Kier alpha value is -5.91. The first-order valence-electron chi connectivity index (χ1n) is 39.4. The number of amides is 6. The molecule has 110 heavy (non-hydrogen) atoms. The molecular weight excluding hydrogens is 1430 g/mol. The van der Waals surface area contributed by atoms with Crippen molar-refractivity contribution in [2.24, 2.45) is 35.3 Å². The van der Waals surface area contributed by atoms with Gasteiger partial charge in [0.25, 0.3) is 0 Å². The van der Waals surface area contributed by atoms with Crippen LogP contribution in [0.3, 0.4) is 0 Å². The van der Waals surface area contributed by atoms with Gasteiger partial charge in [0.15, 0.2) is 5.78 Å². The summed E-state index contributed by atoms with van der Waals surface area (Å²) >= 11 is 0. The summed E-state index contributed by atoms with van der Waals surface area (Å²) in [5.74, 6) is -3.80. The van der Waals surface area contributed by atoms with Crippen LogP contribution in [-0.2, 0) is 106 Å². The number of ether oxygens (including phenoxy) is 15. The Morgan fingerprint density at radius 1 is 0.591 bits per heavy atom. The van der Waals surface area contributed by atoms with Crippen LogP contribution in [0.15, 0.2) is 54.6 Å². The molecule has 0 unspecified atom stereocenters. The van der Waals surface area contributed by atoms with E-state index in [1.165, 1.54) is 26.2 Å². The number of aliphatic hydroxyl groups is 1. The van der Waals surface area contributed by atoms with Gasteiger partial charge in [-0.3, -0.25) is 28.8 Å². The third-order valence-corrected chi connectivity index (χ3v) is 19.3. The number of ketones is 1. The Kier molecular flexibility index (Phi) is 53.4. The van der Waals surface area contributed by atoms with Crippen LogP contribution < -0.4 is 21.7 Å². The number of rotatable bonds is 66. The molecule has 2 aromatic carbocycles. The highest BCUT2D eigenvalue weighted by atomic mass is 16.6. The molecule has 0 bridgehead atoms.